The molecule has 0 radical (unpaired) electrons. The maximum atomic E-state index is 11.4. The van der Waals surface area contributed by atoms with Crippen molar-refractivity contribution in [2.45, 2.75) is 64.2 Å². The first kappa shape index (κ1) is 18.0. The molecule has 0 saturated heterocycles. The maximum Gasteiger partial charge on any atom is 0.407 e. The van der Waals surface area contributed by atoms with Crippen LogP contribution in [0.15, 0.2) is 12.2 Å². The van der Waals surface area contributed by atoms with Crippen LogP contribution in [-0.2, 0) is 9.47 Å². The van der Waals surface area contributed by atoms with Gasteiger partial charge < -0.3 is 20.1 Å². The van der Waals surface area contributed by atoms with E-state index in [1.54, 1.807) is 7.11 Å². The van der Waals surface area contributed by atoms with Gasteiger partial charge >= 0.3 is 6.09 Å². The van der Waals surface area contributed by atoms with Crippen LogP contribution in [-0.4, -0.2) is 44.0 Å². The quantitative estimate of drug-likeness (QED) is 0.740. The summed E-state index contributed by atoms with van der Waals surface area (Å²) in [7, 11) is 1.79. The van der Waals surface area contributed by atoms with E-state index in [-0.39, 0.29) is 6.09 Å². The number of carbonyl (C=O) groups excluding carboxylic acids is 1. The van der Waals surface area contributed by atoms with E-state index < -0.39 is 5.60 Å². The Morgan fingerprint density at radius 1 is 1.14 bits per heavy atom. The maximum absolute atomic E-state index is 11.4. The molecule has 0 aromatic rings. The van der Waals surface area contributed by atoms with Crippen LogP contribution >= 0.6 is 0 Å². The van der Waals surface area contributed by atoms with Crippen molar-refractivity contribution in [3.8, 4) is 0 Å². The molecule has 0 aromatic heterocycles. The third-order valence-corrected chi connectivity index (χ3v) is 3.46. The summed E-state index contributed by atoms with van der Waals surface area (Å²) < 4.78 is 10.5. The first-order valence-corrected chi connectivity index (χ1v) is 7.78. The molecule has 1 saturated carbocycles. The summed E-state index contributed by atoms with van der Waals surface area (Å²) in [6.45, 7) is 6.88. The van der Waals surface area contributed by atoms with Gasteiger partial charge in [0.1, 0.15) is 5.60 Å². The molecule has 5 heteroatoms. The molecule has 1 amide bonds. The molecular weight excluding hydrogens is 268 g/mol. The van der Waals surface area contributed by atoms with Crippen LogP contribution in [0.2, 0.25) is 0 Å². The minimum absolute atomic E-state index is 0.377. The highest BCUT2D eigenvalue weighted by Gasteiger charge is 2.19. The van der Waals surface area contributed by atoms with Gasteiger partial charge in [-0.25, -0.2) is 4.79 Å². The Labute approximate surface area is 128 Å². The van der Waals surface area contributed by atoms with Crippen molar-refractivity contribution < 1.29 is 14.3 Å². The average molecular weight is 298 g/mol. The van der Waals surface area contributed by atoms with Gasteiger partial charge in [-0.2, -0.15) is 0 Å². The standard InChI is InChI=1S/C16H30N2O3/c1-16(2,3)21-15(19)18-12-6-5-11-17-13-7-9-14(20-4)10-8-13/h5-6,13-14,17H,7-12H2,1-4H3,(H,18,19). The zero-order valence-corrected chi connectivity index (χ0v) is 13.8. The zero-order valence-electron chi connectivity index (χ0n) is 13.8. The molecule has 1 fully saturated rings. The highest BCUT2D eigenvalue weighted by Crippen LogP contribution is 2.20. The van der Waals surface area contributed by atoms with E-state index in [1.165, 1.54) is 12.8 Å². The Morgan fingerprint density at radius 3 is 2.33 bits per heavy atom. The second-order valence-electron chi connectivity index (χ2n) is 6.47. The van der Waals surface area contributed by atoms with Gasteiger partial charge in [-0.15, -0.1) is 0 Å². The third kappa shape index (κ3) is 8.73. The molecule has 1 rings (SSSR count). The summed E-state index contributed by atoms with van der Waals surface area (Å²) in [5.41, 5.74) is -0.448. The molecule has 1 aliphatic carbocycles. The molecule has 2 N–H and O–H groups in total. The number of carbonyl (C=O) groups is 1. The summed E-state index contributed by atoms with van der Waals surface area (Å²) in [5.74, 6) is 0. The van der Waals surface area contributed by atoms with Gasteiger partial charge in [0, 0.05) is 26.2 Å². The van der Waals surface area contributed by atoms with E-state index in [2.05, 4.69) is 10.6 Å². The zero-order chi connectivity index (χ0) is 15.7. The lowest BCUT2D eigenvalue weighted by atomic mass is 9.93. The van der Waals surface area contributed by atoms with Crippen LogP contribution in [0.3, 0.4) is 0 Å². The van der Waals surface area contributed by atoms with E-state index in [1.807, 2.05) is 32.9 Å². The number of nitrogens with one attached hydrogen (secondary N) is 2. The summed E-state index contributed by atoms with van der Waals surface area (Å²) in [6.07, 6.45) is 8.66. The van der Waals surface area contributed by atoms with Crippen molar-refractivity contribution in [3.63, 3.8) is 0 Å². The number of ether oxygens (including phenoxy) is 2. The molecule has 21 heavy (non-hydrogen) atoms. The highest BCUT2D eigenvalue weighted by molar-refractivity contribution is 5.67. The highest BCUT2D eigenvalue weighted by atomic mass is 16.6. The van der Waals surface area contributed by atoms with E-state index in [9.17, 15) is 4.79 Å². The molecule has 122 valence electrons. The van der Waals surface area contributed by atoms with Crippen molar-refractivity contribution in [3.05, 3.63) is 12.2 Å². The smallest absolute Gasteiger partial charge is 0.407 e. The lowest BCUT2D eigenvalue weighted by molar-refractivity contribution is 0.0534. The summed E-state index contributed by atoms with van der Waals surface area (Å²) >= 11 is 0. The van der Waals surface area contributed by atoms with Gasteiger partial charge in [-0.05, 0) is 46.5 Å². The molecule has 0 aliphatic heterocycles. The van der Waals surface area contributed by atoms with Crippen molar-refractivity contribution in [1.29, 1.82) is 0 Å². The molecular formula is C16H30N2O3. The number of hydrogen-bond acceptors (Lipinski definition) is 4. The average Bonchev–Trinajstić information content (AvgIpc) is 2.41. The molecule has 1 aliphatic rings. The number of alkyl carbamates (subject to hydrolysis) is 1. The van der Waals surface area contributed by atoms with Crippen molar-refractivity contribution in [2.24, 2.45) is 0 Å². The van der Waals surface area contributed by atoms with Crippen molar-refractivity contribution in [2.75, 3.05) is 20.2 Å². The Balaban J connectivity index is 2.04. The van der Waals surface area contributed by atoms with E-state index in [0.717, 1.165) is 19.4 Å². The fourth-order valence-electron chi connectivity index (χ4n) is 2.36. The molecule has 0 unspecified atom stereocenters. The van der Waals surface area contributed by atoms with Crippen LogP contribution < -0.4 is 10.6 Å². The van der Waals surface area contributed by atoms with Gasteiger partial charge in [0.05, 0.1) is 6.10 Å². The first-order chi connectivity index (χ1) is 9.90. The Morgan fingerprint density at radius 2 is 1.76 bits per heavy atom. The normalized spacial score (nSPS) is 23.2. The van der Waals surface area contributed by atoms with E-state index in [0.29, 0.717) is 18.7 Å². The van der Waals surface area contributed by atoms with Gasteiger partial charge in [0.15, 0.2) is 0 Å². The van der Waals surface area contributed by atoms with Gasteiger partial charge in [0.25, 0.3) is 0 Å². The monoisotopic (exact) mass is 298 g/mol. The SMILES string of the molecule is COC1CCC(NCC=CCNC(=O)OC(C)(C)C)CC1. The number of methoxy groups -OCH3 is 1. The lowest BCUT2D eigenvalue weighted by Gasteiger charge is -2.27. The third-order valence-electron chi connectivity index (χ3n) is 3.46. The van der Waals surface area contributed by atoms with Crippen LogP contribution in [0.25, 0.3) is 0 Å². The van der Waals surface area contributed by atoms with Crippen molar-refractivity contribution in [1.82, 2.24) is 10.6 Å². The molecule has 5 nitrogen and oxygen atoms in total. The van der Waals surface area contributed by atoms with Gasteiger partial charge in [-0.3, -0.25) is 0 Å². The van der Waals surface area contributed by atoms with Gasteiger partial charge in [-0.1, -0.05) is 12.2 Å². The fourth-order valence-corrected chi connectivity index (χ4v) is 2.36. The summed E-state index contributed by atoms with van der Waals surface area (Å²) in [4.78, 5) is 11.4. The largest absolute Gasteiger partial charge is 0.444 e. The topological polar surface area (TPSA) is 59.6 Å². The van der Waals surface area contributed by atoms with Crippen LogP contribution in [0.5, 0.6) is 0 Å². The Bertz CT molecular complexity index is 329. The summed E-state index contributed by atoms with van der Waals surface area (Å²) in [6, 6.07) is 0.583. The molecule has 0 aromatic carbocycles. The fraction of sp³-hybridized carbons (Fsp3) is 0.812. The van der Waals surface area contributed by atoms with E-state index >= 15 is 0 Å². The lowest BCUT2D eigenvalue weighted by Crippen LogP contribution is -2.35. The van der Waals surface area contributed by atoms with Gasteiger partial charge in [0.2, 0.25) is 0 Å². The van der Waals surface area contributed by atoms with E-state index in [4.69, 9.17) is 9.47 Å². The molecule has 0 atom stereocenters. The predicted molar refractivity (Wildman–Crippen MR) is 84.4 cm³/mol. The minimum atomic E-state index is -0.448. The van der Waals surface area contributed by atoms with Crippen LogP contribution in [0.4, 0.5) is 4.79 Å². The minimum Gasteiger partial charge on any atom is -0.444 e. The van der Waals surface area contributed by atoms with Crippen LogP contribution in [0, 0.1) is 0 Å². The second kappa shape index (κ2) is 9.05. The predicted octanol–water partition coefficient (Wildman–Crippen LogP) is 2.61. The Kier molecular flexibility index (Phi) is 7.75. The number of rotatable bonds is 6. The molecule has 0 bridgehead atoms. The molecule has 0 heterocycles. The summed E-state index contributed by atoms with van der Waals surface area (Å²) in [5, 5.41) is 6.21. The number of hydrogen-bond donors (Lipinski definition) is 2. The second-order valence-corrected chi connectivity index (χ2v) is 6.47. The first-order valence-electron chi connectivity index (χ1n) is 7.78. The van der Waals surface area contributed by atoms with Crippen molar-refractivity contribution >= 4 is 6.09 Å². The Hall–Kier alpha value is -1.07. The van der Waals surface area contributed by atoms with Crippen LogP contribution in [0.1, 0.15) is 46.5 Å². The number of amides is 1. The molecule has 0 spiro atoms.